The van der Waals surface area contributed by atoms with Gasteiger partial charge in [0.25, 0.3) is 5.69 Å². The van der Waals surface area contributed by atoms with E-state index in [1.54, 1.807) is 6.07 Å². The third kappa shape index (κ3) is 3.40. The van der Waals surface area contributed by atoms with E-state index >= 15 is 0 Å². The molecule has 0 radical (unpaired) electrons. The van der Waals surface area contributed by atoms with E-state index in [9.17, 15) is 10.1 Å². The standard InChI is InChI=1S/C10H12ClNO3/c1-7(2)6-15-8-3-4-9(11)10(5-8)12(13)14/h3-5,7H,6H2,1-2H3. The number of benzene rings is 1. The van der Waals surface area contributed by atoms with Crippen molar-refractivity contribution < 1.29 is 9.66 Å². The van der Waals surface area contributed by atoms with Gasteiger partial charge < -0.3 is 4.74 Å². The van der Waals surface area contributed by atoms with Crippen molar-refractivity contribution in [3.8, 4) is 5.75 Å². The minimum atomic E-state index is -0.523. The van der Waals surface area contributed by atoms with Crippen LogP contribution in [-0.2, 0) is 0 Å². The third-order valence-electron chi connectivity index (χ3n) is 1.70. The maximum atomic E-state index is 10.6. The number of rotatable bonds is 4. The van der Waals surface area contributed by atoms with E-state index in [0.29, 0.717) is 18.3 Å². The summed E-state index contributed by atoms with van der Waals surface area (Å²) in [5, 5.41) is 10.7. The number of nitrogens with zero attached hydrogens (tertiary/aromatic N) is 1. The fraction of sp³-hybridized carbons (Fsp3) is 0.400. The molecule has 0 aromatic heterocycles. The predicted octanol–water partition coefficient (Wildman–Crippen LogP) is 3.28. The first-order chi connectivity index (χ1) is 7.00. The lowest BCUT2D eigenvalue weighted by Gasteiger charge is -2.08. The van der Waals surface area contributed by atoms with Crippen LogP contribution in [0.5, 0.6) is 5.75 Å². The average Bonchev–Trinajstić information content (AvgIpc) is 2.16. The predicted molar refractivity (Wildman–Crippen MR) is 58.4 cm³/mol. The number of hydrogen-bond acceptors (Lipinski definition) is 3. The van der Waals surface area contributed by atoms with Crippen molar-refractivity contribution >= 4 is 17.3 Å². The van der Waals surface area contributed by atoms with Gasteiger partial charge in [0.2, 0.25) is 0 Å². The molecule has 1 rings (SSSR count). The van der Waals surface area contributed by atoms with Gasteiger partial charge in [-0.3, -0.25) is 10.1 Å². The van der Waals surface area contributed by atoms with Crippen LogP contribution in [0.3, 0.4) is 0 Å². The molecule has 82 valence electrons. The Kier molecular flexibility index (Phi) is 3.91. The minimum Gasteiger partial charge on any atom is -0.493 e. The maximum Gasteiger partial charge on any atom is 0.291 e. The number of nitro benzene ring substituents is 1. The largest absolute Gasteiger partial charge is 0.493 e. The van der Waals surface area contributed by atoms with Crippen molar-refractivity contribution in [3.05, 3.63) is 33.3 Å². The summed E-state index contributed by atoms with van der Waals surface area (Å²) in [6, 6.07) is 4.43. The lowest BCUT2D eigenvalue weighted by atomic mass is 10.2. The molecular weight excluding hydrogens is 218 g/mol. The fourth-order valence-corrected chi connectivity index (χ4v) is 1.17. The molecule has 0 bridgehead atoms. The quantitative estimate of drug-likeness (QED) is 0.588. The molecule has 5 heteroatoms. The van der Waals surface area contributed by atoms with Gasteiger partial charge in [-0.2, -0.15) is 0 Å². The second-order valence-corrected chi connectivity index (χ2v) is 3.98. The summed E-state index contributed by atoms with van der Waals surface area (Å²) in [5.74, 6) is 0.847. The molecule has 0 spiro atoms. The van der Waals surface area contributed by atoms with Crippen molar-refractivity contribution in [3.63, 3.8) is 0 Å². The summed E-state index contributed by atoms with van der Waals surface area (Å²) in [6.45, 7) is 4.54. The molecule has 0 aliphatic heterocycles. The molecule has 15 heavy (non-hydrogen) atoms. The summed E-state index contributed by atoms with van der Waals surface area (Å²) < 4.78 is 5.35. The third-order valence-corrected chi connectivity index (χ3v) is 2.02. The van der Waals surface area contributed by atoms with E-state index < -0.39 is 4.92 Å². The van der Waals surface area contributed by atoms with Crippen molar-refractivity contribution in [2.75, 3.05) is 6.61 Å². The van der Waals surface area contributed by atoms with Gasteiger partial charge in [-0.1, -0.05) is 25.4 Å². The van der Waals surface area contributed by atoms with Gasteiger partial charge in [-0.05, 0) is 18.1 Å². The highest BCUT2D eigenvalue weighted by atomic mass is 35.5. The summed E-state index contributed by atoms with van der Waals surface area (Å²) in [5.41, 5.74) is -0.127. The van der Waals surface area contributed by atoms with Crippen LogP contribution in [0.15, 0.2) is 18.2 Å². The van der Waals surface area contributed by atoms with Crippen LogP contribution in [0.1, 0.15) is 13.8 Å². The molecule has 0 amide bonds. The first-order valence-corrected chi connectivity index (χ1v) is 4.95. The van der Waals surface area contributed by atoms with Gasteiger partial charge >= 0.3 is 0 Å². The van der Waals surface area contributed by atoms with Crippen molar-refractivity contribution in [1.82, 2.24) is 0 Å². The topological polar surface area (TPSA) is 52.4 Å². The molecule has 0 saturated carbocycles. The second-order valence-electron chi connectivity index (χ2n) is 3.58. The molecule has 0 atom stereocenters. The second kappa shape index (κ2) is 4.98. The van der Waals surface area contributed by atoms with Gasteiger partial charge in [0.15, 0.2) is 0 Å². The maximum absolute atomic E-state index is 10.6. The monoisotopic (exact) mass is 229 g/mol. The lowest BCUT2D eigenvalue weighted by Crippen LogP contribution is -2.04. The molecule has 0 heterocycles. The SMILES string of the molecule is CC(C)COc1ccc(Cl)c([N+](=O)[O-])c1. The van der Waals surface area contributed by atoms with E-state index in [4.69, 9.17) is 16.3 Å². The van der Waals surface area contributed by atoms with E-state index in [2.05, 4.69) is 0 Å². The highest BCUT2D eigenvalue weighted by molar-refractivity contribution is 6.32. The van der Waals surface area contributed by atoms with Crippen molar-refractivity contribution in [2.45, 2.75) is 13.8 Å². The van der Waals surface area contributed by atoms with Crippen molar-refractivity contribution in [1.29, 1.82) is 0 Å². The molecule has 1 aromatic carbocycles. The summed E-state index contributed by atoms with van der Waals surface area (Å²) >= 11 is 5.66. The molecule has 0 unspecified atom stereocenters. The van der Waals surface area contributed by atoms with Crippen LogP contribution in [0.2, 0.25) is 5.02 Å². The summed E-state index contributed by atoms with van der Waals surface area (Å²) in [4.78, 5) is 10.1. The number of nitro groups is 1. The molecular formula is C10H12ClNO3. The lowest BCUT2D eigenvalue weighted by molar-refractivity contribution is -0.384. The normalized spacial score (nSPS) is 10.4. The van der Waals surface area contributed by atoms with Gasteiger partial charge in [-0.15, -0.1) is 0 Å². The molecule has 1 aromatic rings. The Bertz CT molecular complexity index is 366. The Balaban J connectivity index is 2.83. The smallest absolute Gasteiger partial charge is 0.291 e. The number of ether oxygens (including phenoxy) is 1. The Morgan fingerprint density at radius 3 is 2.73 bits per heavy atom. The van der Waals surface area contributed by atoms with Crippen LogP contribution in [-0.4, -0.2) is 11.5 Å². The van der Waals surface area contributed by atoms with Gasteiger partial charge in [0, 0.05) is 0 Å². The minimum absolute atomic E-state index is 0.122. The Morgan fingerprint density at radius 1 is 1.53 bits per heavy atom. The van der Waals surface area contributed by atoms with Crippen LogP contribution in [0.4, 0.5) is 5.69 Å². The number of halogens is 1. The van der Waals surface area contributed by atoms with Crippen molar-refractivity contribution in [2.24, 2.45) is 5.92 Å². The zero-order valence-corrected chi connectivity index (χ0v) is 9.32. The Morgan fingerprint density at radius 2 is 2.20 bits per heavy atom. The summed E-state index contributed by atoms with van der Waals surface area (Å²) in [6.07, 6.45) is 0. The first kappa shape index (κ1) is 11.8. The first-order valence-electron chi connectivity index (χ1n) is 4.57. The molecule has 0 aliphatic carbocycles. The summed E-state index contributed by atoms with van der Waals surface area (Å²) in [7, 11) is 0. The fourth-order valence-electron chi connectivity index (χ4n) is 0.985. The molecule has 4 nitrogen and oxygen atoms in total. The molecule has 0 saturated heterocycles. The van der Waals surface area contributed by atoms with Gasteiger partial charge in [0.05, 0.1) is 17.6 Å². The van der Waals surface area contributed by atoms with Crippen LogP contribution in [0, 0.1) is 16.0 Å². The zero-order valence-electron chi connectivity index (χ0n) is 8.57. The van der Waals surface area contributed by atoms with E-state index in [0.717, 1.165) is 0 Å². The van der Waals surface area contributed by atoms with E-state index in [1.165, 1.54) is 12.1 Å². The van der Waals surface area contributed by atoms with Crippen LogP contribution >= 0.6 is 11.6 Å². The van der Waals surface area contributed by atoms with E-state index in [1.807, 2.05) is 13.8 Å². The van der Waals surface area contributed by atoms with Gasteiger partial charge in [0.1, 0.15) is 10.8 Å². The molecule has 0 N–H and O–H groups in total. The molecule has 0 fully saturated rings. The highest BCUT2D eigenvalue weighted by Crippen LogP contribution is 2.28. The molecule has 0 aliphatic rings. The zero-order chi connectivity index (χ0) is 11.4. The van der Waals surface area contributed by atoms with E-state index in [-0.39, 0.29) is 10.7 Å². The number of hydrogen-bond donors (Lipinski definition) is 0. The average molecular weight is 230 g/mol. The Hall–Kier alpha value is -1.29. The van der Waals surface area contributed by atoms with Crippen LogP contribution < -0.4 is 4.74 Å². The Labute approximate surface area is 93.0 Å². The highest BCUT2D eigenvalue weighted by Gasteiger charge is 2.13. The van der Waals surface area contributed by atoms with Gasteiger partial charge in [-0.25, -0.2) is 0 Å². The van der Waals surface area contributed by atoms with Crippen LogP contribution in [0.25, 0.3) is 0 Å².